The highest BCUT2D eigenvalue weighted by molar-refractivity contribution is 7.83. The monoisotopic (exact) mass is 315 g/mol. The van der Waals surface area contributed by atoms with E-state index in [9.17, 15) is 14.1 Å². The van der Waals surface area contributed by atoms with E-state index in [4.69, 9.17) is 11.6 Å². The van der Waals surface area contributed by atoms with Gasteiger partial charge in [0.15, 0.2) is 0 Å². The lowest BCUT2D eigenvalue weighted by molar-refractivity contribution is -0.133. The van der Waals surface area contributed by atoms with E-state index < -0.39 is 16.4 Å². The van der Waals surface area contributed by atoms with E-state index >= 15 is 0 Å². The zero-order valence-electron chi connectivity index (χ0n) is 11.3. The second-order valence-electron chi connectivity index (χ2n) is 5.22. The molecule has 0 spiro atoms. The Balaban J connectivity index is 2.13. The fourth-order valence-corrected chi connectivity index (χ4v) is 3.36. The third-order valence-electron chi connectivity index (χ3n) is 3.52. The number of carbonyl (C=O) groups is 1. The number of nitrogens with one attached hydrogen (secondary N) is 1. The zero-order chi connectivity index (χ0) is 14.8. The fourth-order valence-electron chi connectivity index (χ4n) is 2.42. The molecule has 0 bridgehead atoms. The standard InChI is InChI=1S/C14H18ClNO3S/c1-20(19)9-10-8-11(4-5-12(10)15)16-13(17)14(18)6-2-3-7-14/h4-5,8,18H,2-3,6-7,9H2,1H3,(H,16,17). The molecule has 1 saturated carbocycles. The number of hydrogen-bond acceptors (Lipinski definition) is 3. The van der Waals surface area contributed by atoms with Gasteiger partial charge in [-0.05, 0) is 49.4 Å². The minimum Gasteiger partial charge on any atom is -0.380 e. The van der Waals surface area contributed by atoms with Gasteiger partial charge in [0.25, 0.3) is 5.91 Å². The Hall–Kier alpha value is -0.910. The van der Waals surface area contributed by atoms with E-state index in [1.807, 2.05) is 0 Å². The van der Waals surface area contributed by atoms with E-state index in [1.54, 1.807) is 24.5 Å². The van der Waals surface area contributed by atoms with Gasteiger partial charge in [-0.1, -0.05) is 11.6 Å². The maximum atomic E-state index is 12.1. The molecule has 0 saturated heterocycles. The van der Waals surface area contributed by atoms with Crippen LogP contribution in [-0.2, 0) is 21.3 Å². The lowest BCUT2D eigenvalue weighted by atomic mass is 10.0. The molecule has 0 aliphatic heterocycles. The lowest BCUT2D eigenvalue weighted by Crippen LogP contribution is -2.40. The van der Waals surface area contributed by atoms with Crippen LogP contribution in [0.4, 0.5) is 5.69 Å². The topological polar surface area (TPSA) is 66.4 Å². The van der Waals surface area contributed by atoms with Crippen molar-refractivity contribution in [2.45, 2.75) is 37.0 Å². The van der Waals surface area contributed by atoms with Gasteiger partial charge >= 0.3 is 0 Å². The third-order valence-corrected chi connectivity index (χ3v) is 4.60. The third kappa shape index (κ3) is 3.59. The summed E-state index contributed by atoms with van der Waals surface area (Å²) in [7, 11) is -1.00. The largest absolute Gasteiger partial charge is 0.380 e. The van der Waals surface area contributed by atoms with Gasteiger partial charge in [0.05, 0.1) is 0 Å². The van der Waals surface area contributed by atoms with Crippen molar-refractivity contribution in [1.29, 1.82) is 0 Å². The second-order valence-corrected chi connectivity index (χ2v) is 7.06. The Bertz CT molecular complexity index is 541. The van der Waals surface area contributed by atoms with E-state index in [2.05, 4.69) is 5.32 Å². The minimum atomic E-state index is -1.26. The van der Waals surface area contributed by atoms with Crippen LogP contribution < -0.4 is 5.32 Å². The molecule has 2 N–H and O–H groups in total. The minimum absolute atomic E-state index is 0.340. The molecule has 1 aliphatic rings. The van der Waals surface area contributed by atoms with E-state index in [-0.39, 0.29) is 5.91 Å². The molecular weight excluding hydrogens is 298 g/mol. The smallest absolute Gasteiger partial charge is 0.256 e. The van der Waals surface area contributed by atoms with Crippen molar-refractivity contribution in [1.82, 2.24) is 0 Å². The SMILES string of the molecule is CS(=O)Cc1cc(NC(=O)C2(O)CCCC2)ccc1Cl. The van der Waals surface area contributed by atoms with Crippen LogP contribution in [0.25, 0.3) is 0 Å². The normalized spacial score (nSPS) is 18.8. The fraction of sp³-hybridized carbons (Fsp3) is 0.500. The number of hydrogen-bond donors (Lipinski definition) is 2. The van der Waals surface area contributed by atoms with Crippen LogP contribution in [0.5, 0.6) is 0 Å². The van der Waals surface area contributed by atoms with Crippen LogP contribution in [0.3, 0.4) is 0 Å². The van der Waals surface area contributed by atoms with Crippen molar-refractivity contribution in [3.63, 3.8) is 0 Å². The molecule has 2 rings (SSSR count). The molecule has 1 amide bonds. The maximum Gasteiger partial charge on any atom is 0.256 e. The van der Waals surface area contributed by atoms with Gasteiger partial charge in [0.1, 0.15) is 5.60 Å². The summed E-state index contributed by atoms with van der Waals surface area (Å²) in [6.45, 7) is 0. The molecule has 0 aromatic heterocycles. The van der Waals surface area contributed by atoms with Crippen LogP contribution in [0.1, 0.15) is 31.2 Å². The van der Waals surface area contributed by atoms with E-state index in [0.29, 0.717) is 29.3 Å². The summed E-state index contributed by atoms with van der Waals surface area (Å²) in [5.41, 5.74) is 0.0387. The molecular formula is C14H18ClNO3S. The van der Waals surface area contributed by atoms with E-state index in [1.165, 1.54) is 0 Å². The summed E-state index contributed by atoms with van der Waals surface area (Å²) in [6, 6.07) is 5.05. The quantitative estimate of drug-likeness (QED) is 0.897. The van der Waals surface area contributed by atoms with Crippen molar-refractivity contribution < 1.29 is 14.1 Å². The number of carbonyl (C=O) groups excluding carboxylic acids is 1. The number of amides is 1. The van der Waals surface area contributed by atoms with Gasteiger partial charge in [0.2, 0.25) is 0 Å². The van der Waals surface area contributed by atoms with Gasteiger partial charge in [-0.15, -0.1) is 0 Å². The number of aliphatic hydroxyl groups is 1. The first kappa shape index (κ1) is 15.5. The average Bonchev–Trinajstić information content (AvgIpc) is 2.81. The summed E-state index contributed by atoms with van der Waals surface area (Å²) in [5, 5.41) is 13.4. The Labute approximate surface area is 126 Å². The first-order valence-corrected chi connectivity index (χ1v) is 8.63. The molecule has 110 valence electrons. The summed E-state index contributed by atoms with van der Waals surface area (Å²) in [4.78, 5) is 12.1. The number of rotatable bonds is 4. The lowest BCUT2D eigenvalue weighted by Gasteiger charge is -2.21. The number of halogens is 1. The summed E-state index contributed by atoms with van der Waals surface area (Å²) < 4.78 is 11.3. The van der Waals surface area contributed by atoms with Crippen molar-refractivity contribution in [3.8, 4) is 0 Å². The Morgan fingerprint density at radius 2 is 2.10 bits per heavy atom. The summed E-state index contributed by atoms with van der Waals surface area (Å²) >= 11 is 6.03. The van der Waals surface area contributed by atoms with Crippen LogP contribution in [0.15, 0.2) is 18.2 Å². The molecule has 1 aromatic carbocycles. The molecule has 4 nitrogen and oxygen atoms in total. The molecule has 0 radical (unpaired) electrons. The molecule has 6 heteroatoms. The first-order valence-electron chi connectivity index (χ1n) is 6.53. The molecule has 1 aliphatic carbocycles. The summed E-state index contributed by atoms with van der Waals surface area (Å²) in [6.07, 6.45) is 4.33. The second kappa shape index (κ2) is 6.24. The molecule has 1 fully saturated rings. The molecule has 0 heterocycles. The summed E-state index contributed by atoms with van der Waals surface area (Å²) in [5.74, 6) is -0.0341. The van der Waals surface area contributed by atoms with Gasteiger partial charge in [-0.25, -0.2) is 0 Å². The predicted molar refractivity (Wildman–Crippen MR) is 81.3 cm³/mol. The average molecular weight is 316 g/mol. The van der Waals surface area contributed by atoms with Crippen LogP contribution in [0, 0.1) is 0 Å². The van der Waals surface area contributed by atoms with Crippen molar-refractivity contribution in [2.75, 3.05) is 11.6 Å². The van der Waals surface area contributed by atoms with Crippen LogP contribution in [-0.4, -0.2) is 27.1 Å². The first-order chi connectivity index (χ1) is 9.40. The molecule has 1 unspecified atom stereocenters. The number of benzene rings is 1. The Kier molecular flexibility index (Phi) is 4.83. The molecule has 1 aromatic rings. The van der Waals surface area contributed by atoms with Crippen LogP contribution in [0.2, 0.25) is 5.02 Å². The zero-order valence-corrected chi connectivity index (χ0v) is 12.9. The van der Waals surface area contributed by atoms with Gasteiger partial charge in [-0.3, -0.25) is 9.00 Å². The highest BCUT2D eigenvalue weighted by Gasteiger charge is 2.38. The van der Waals surface area contributed by atoms with E-state index in [0.717, 1.165) is 18.4 Å². The highest BCUT2D eigenvalue weighted by Crippen LogP contribution is 2.31. The van der Waals surface area contributed by atoms with Gasteiger partial charge < -0.3 is 10.4 Å². The van der Waals surface area contributed by atoms with Gasteiger partial charge in [0, 0.05) is 33.5 Å². The maximum absolute atomic E-state index is 12.1. The molecule has 1 atom stereocenters. The molecule has 20 heavy (non-hydrogen) atoms. The Morgan fingerprint density at radius 1 is 1.45 bits per heavy atom. The van der Waals surface area contributed by atoms with Gasteiger partial charge in [-0.2, -0.15) is 0 Å². The van der Waals surface area contributed by atoms with Crippen molar-refractivity contribution in [2.24, 2.45) is 0 Å². The number of anilines is 1. The Morgan fingerprint density at radius 3 is 2.70 bits per heavy atom. The van der Waals surface area contributed by atoms with Crippen molar-refractivity contribution in [3.05, 3.63) is 28.8 Å². The highest BCUT2D eigenvalue weighted by atomic mass is 35.5. The van der Waals surface area contributed by atoms with Crippen LogP contribution >= 0.6 is 11.6 Å². The predicted octanol–water partition coefficient (Wildman–Crippen LogP) is 2.46. The van der Waals surface area contributed by atoms with Crippen molar-refractivity contribution >= 4 is 34.0 Å².